The second-order valence-electron chi connectivity index (χ2n) is 6.56. The molecule has 0 heterocycles. The van der Waals surface area contributed by atoms with E-state index >= 15 is 0 Å². The maximum absolute atomic E-state index is 12.3. The molecule has 1 rings (SSSR count). The van der Waals surface area contributed by atoms with Crippen molar-refractivity contribution in [3.63, 3.8) is 0 Å². The number of benzene rings is 1. The van der Waals surface area contributed by atoms with Crippen LogP contribution >= 0.6 is 11.6 Å². The number of nitrogens with one attached hydrogen (secondary N) is 1. The summed E-state index contributed by atoms with van der Waals surface area (Å²) in [6.07, 6.45) is 8.34. The van der Waals surface area contributed by atoms with Gasteiger partial charge in [0.1, 0.15) is 4.90 Å². The lowest BCUT2D eigenvalue weighted by Gasteiger charge is -2.13. The van der Waals surface area contributed by atoms with E-state index < -0.39 is 16.0 Å². The van der Waals surface area contributed by atoms with Gasteiger partial charge in [0, 0.05) is 6.54 Å². The van der Waals surface area contributed by atoms with Crippen LogP contribution in [0.4, 0.5) is 5.69 Å². The maximum atomic E-state index is 12.3. The molecule has 27 heavy (non-hydrogen) atoms. The van der Waals surface area contributed by atoms with E-state index in [2.05, 4.69) is 12.2 Å². The molecule has 0 saturated carbocycles. The summed E-state index contributed by atoms with van der Waals surface area (Å²) in [5.74, 6) is -0.580. The molecule has 1 aromatic rings. The van der Waals surface area contributed by atoms with E-state index in [4.69, 9.17) is 21.5 Å². The predicted octanol–water partition coefficient (Wildman–Crippen LogP) is 4.72. The van der Waals surface area contributed by atoms with Crippen molar-refractivity contribution in [1.82, 2.24) is 0 Å². The van der Waals surface area contributed by atoms with Gasteiger partial charge in [-0.3, -0.25) is 0 Å². The van der Waals surface area contributed by atoms with Crippen LogP contribution in [0.5, 0.6) is 0 Å². The topological polar surface area (TPSA) is 98.5 Å². The van der Waals surface area contributed by atoms with Crippen LogP contribution in [0.15, 0.2) is 17.0 Å². The van der Waals surface area contributed by atoms with Crippen LogP contribution < -0.4 is 10.5 Å². The highest BCUT2D eigenvalue weighted by Crippen LogP contribution is 2.31. The van der Waals surface area contributed by atoms with Crippen LogP contribution in [0.2, 0.25) is 5.02 Å². The fourth-order valence-electron chi connectivity index (χ4n) is 2.58. The Bertz CT molecular complexity index is 708. The standard InChI is InChI=1S/C19H31ClN2O4S/c1-3-5-7-8-9-10-12-26-19(23)15-13-16(22-11-6-4-2)18(20)17(14-15)27(21,24)25/h13-14,22H,3-12H2,1-2H3,(H2,21,24,25). The lowest BCUT2D eigenvalue weighted by molar-refractivity contribution is 0.0497. The summed E-state index contributed by atoms with van der Waals surface area (Å²) >= 11 is 6.16. The molecule has 0 unspecified atom stereocenters. The minimum atomic E-state index is -4.06. The largest absolute Gasteiger partial charge is 0.462 e. The highest BCUT2D eigenvalue weighted by Gasteiger charge is 2.21. The molecule has 0 amide bonds. The summed E-state index contributed by atoms with van der Waals surface area (Å²) in [5, 5.41) is 8.28. The molecule has 0 aromatic heterocycles. The Labute approximate surface area is 167 Å². The molecule has 0 spiro atoms. The Balaban J connectivity index is 2.79. The van der Waals surface area contributed by atoms with Gasteiger partial charge in [-0.2, -0.15) is 0 Å². The summed E-state index contributed by atoms with van der Waals surface area (Å²) in [6, 6.07) is 2.68. The number of carbonyl (C=O) groups excluding carboxylic acids is 1. The third kappa shape index (κ3) is 8.49. The number of hydrogen-bond acceptors (Lipinski definition) is 5. The fourth-order valence-corrected chi connectivity index (χ4v) is 3.73. The van der Waals surface area contributed by atoms with E-state index in [1.54, 1.807) is 0 Å². The zero-order valence-corrected chi connectivity index (χ0v) is 17.8. The molecule has 8 heteroatoms. The third-order valence-electron chi connectivity index (χ3n) is 4.16. The predicted molar refractivity (Wildman–Crippen MR) is 110 cm³/mol. The summed E-state index contributed by atoms with van der Waals surface area (Å²) in [7, 11) is -4.06. The molecule has 0 radical (unpaired) electrons. The molecule has 1 aromatic carbocycles. The van der Waals surface area contributed by atoms with Crippen molar-refractivity contribution < 1.29 is 17.9 Å². The van der Waals surface area contributed by atoms with Gasteiger partial charge < -0.3 is 10.1 Å². The van der Waals surface area contributed by atoms with Crippen LogP contribution in [-0.2, 0) is 14.8 Å². The monoisotopic (exact) mass is 418 g/mol. The third-order valence-corrected chi connectivity index (χ3v) is 5.61. The summed E-state index contributed by atoms with van der Waals surface area (Å²) in [4.78, 5) is 12.0. The van der Waals surface area contributed by atoms with Crippen LogP contribution in [-0.4, -0.2) is 27.5 Å². The number of esters is 1. The van der Waals surface area contributed by atoms with E-state index in [9.17, 15) is 13.2 Å². The van der Waals surface area contributed by atoms with Crippen molar-refractivity contribution in [3.05, 3.63) is 22.7 Å². The van der Waals surface area contributed by atoms with Crippen molar-refractivity contribution in [2.45, 2.75) is 70.1 Å². The van der Waals surface area contributed by atoms with E-state index in [1.807, 2.05) is 6.92 Å². The molecule has 0 fully saturated rings. The number of hydrogen-bond donors (Lipinski definition) is 2. The molecule has 0 saturated heterocycles. The summed E-state index contributed by atoms with van der Waals surface area (Å²) in [6.45, 7) is 5.11. The molecule has 0 atom stereocenters. The molecule has 6 nitrogen and oxygen atoms in total. The Hall–Kier alpha value is -1.31. The van der Waals surface area contributed by atoms with E-state index in [1.165, 1.54) is 31.4 Å². The minimum Gasteiger partial charge on any atom is -0.462 e. The Kier molecular flexibility index (Phi) is 10.7. The van der Waals surface area contributed by atoms with E-state index in [-0.39, 0.29) is 15.5 Å². The zero-order chi connectivity index (χ0) is 20.3. The van der Waals surface area contributed by atoms with Gasteiger partial charge in [0.15, 0.2) is 0 Å². The number of primary sulfonamides is 1. The Morgan fingerprint density at radius 2 is 1.70 bits per heavy atom. The minimum absolute atomic E-state index is 0.0129. The zero-order valence-electron chi connectivity index (χ0n) is 16.2. The lowest BCUT2D eigenvalue weighted by atomic mass is 10.1. The van der Waals surface area contributed by atoms with Crippen molar-refractivity contribution in [2.75, 3.05) is 18.5 Å². The van der Waals surface area contributed by atoms with Crippen LogP contribution in [0.25, 0.3) is 0 Å². The van der Waals surface area contributed by atoms with Gasteiger partial charge in [0.05, 0.1) is 22.9 Å². The quantitative estimate of drug-likeness (QED) is 0.356. The number of anilines is 1. The number of carbonyl (C=O) groups is 1. The molecule has 0 bridgehead atoms. The van der Waals surface area contributed by atoms with Gasteiger partial charge in [0.2, 0.25) is 10.0 Å². The number of ether oxygens (including phenoxy) is 1. The Morgan fingerprint density at radius 3 is 2.33 bits per heavy atom. The molecule has 0 aliphatic heterocycles. The van der Waals surface area contributed by atoms with Gasteiger partial charge in [-0.1, -0.05) is 64.0 Å². The lowest BCUT2D eigenvalue weighted by Crippen LogP contribution is -2.16. The summed E-state index contributed by atoms with van der Waals surface area (Å²) in [5.41, 5.74) is 0.483. The summed E-state index contributed by atoms with van der Waals surface area (Å²) < 4.78 is 28.9. The smallest absolute Gasteiger partial charge is 0.338 e. The second-order valence-corrected chi connectivity index (χ2v) is 8.47. The molecule has 154 valence electrons. The SMILES string of the molecule is CCCCCCCCOC(=O)c1cc(NCCCC)c(Cl)c(S(N)(=O)=O)c1. The number of rotatable bonds is 13. The first-order chi connectivity index (χ1) is 12.8. The molecular weight excluding hydrogens is 388 g/mol. The number of nitrogens with two attached hydrogens (primary N) is 1. The molecule has 0 aliphatic rings. The normalized spacial score (nSPS) is 11.4. The van der Waals surface area contributed by atoms with Gasteiger partial charge in [-0.15, -0.1) is 0 Å². The van der Waals surface area contributed by atoms with Crippen LogP contribution in [0.3, 0.4) is 0 Å². The van der Waals surface area contributed by atoms with Gasteiger partial charge in [-0.05, 0) is 25.0 Å². The average Bonchev–Trinajstić information content (AvgIpc) is 2.61. The molecule has 0 aliphatic carbocycles. The highest BCUT2D eigenvalue weighted by molar-refractivity contribution is 7.89. The van der Waals surface area contributed by atoms with Crippen molar-refractivity contribution in [3.8, 4) is 0 Å². The van der Waals surface area contributed by atoms with Crippen molar-refractivity contribution in [1.29, 1.82) is 0 Å². The highest BCUT2D eigenvalue weighted by atomic mass is 35.5. The van der Waals surface area contributed by atoms with Gasteiger partial charge in [0.25, 0.3) is 0 Å². The second kappa shape index (κ2) is 12.2. The maximum Gasteiger partial charge on any atom is 0.338 e. The number of sulfonamides is 1. The first-order valence-corrected chi connectivity index (χ1v) is 11.5. The average molecular weight is 419 g/mol. The molecular formula is C19H31ClN2O4S. The van der Waals surface area contributed by atoms with E-state index in [0.29, 0.717) is 18.8 Å². The number of halogens is 1. The van der Waals surface area contributed by atoms with Crippen LogP contribution in [0, 0.1) is 0 Å². The fraction of sp³-hybridized carbons (Fsp3) is 0.632. The van der Waals surface area contributed by atoms with Crippen molar-refractivity contribution >= 4 is 33.3 Å². The van der Waals surface area contributed by atoms with E-state index in [0.717, 1.165) is 32.1 Å². The first kappa shape index (κ1) is 23.7. The first-order valence-electron chi connectivity index (χ1n) is 9.58. The Morgan fingerprint density at radius 1 is 1.07 bits per heavy atom. The molecule has 3 N–H and O–H groups in total. The number of unbranched alkanes of at least 4 members (excludes halogenated alkanes) is 6. The van der Waals surface area contributed by atoms with Gasteiger partial charge in [-0.25, -0.2) is 18.4 Å². The van der Waals surface area contributed by atoms with Crippen LogP contribution in [0.1, 0.15) is 75.6 Å². The van der Waals surface area contributed by atoms with Crippen molar-refractivity contribution in [2.24, 2.45) is 5.14 Å². The van der Waals surface area contributed by atoms with Gasteiger partial charge >= 0.3 is 5.97 Å².